The van der Waals surface area contributed by atoms with Crippen molar-refractivity contribution >= 4 is 17.3 Å². The van der Waals surface area contributed by atoms with Gasteiger partial charge in [0.15, 0.2) is 11.6 Å². The summed E-state index contributed by atoms with van der Waals surface area (Å²) < 4.78 is 0. The molecule has 0 heterocycles. The predicted octanol–water partition coefficient (Wildman–Crippen LogP) is 1.67. The number of carbonyl (C=O) groups excluding carboxylic acids is 2. The Morgan fingerprint density at radius 1 is 1.33 bits per heavy atom. The molecular weight excluding hydrogens is 192 g/mol. The molecule has 1 aliphatic rings. The third-order valence-corrected chi connectivity index (χ3v) is 2.49. The van der Waals surface area contributed by atoms with E-state index in [9.17, 15) is 14.7 Å². The Hall–Kier alpha value is -1.90. The fourth-order valence-corrected chi connectivity index (χ4v) is 1.80. The van der Waals surface area contributed by atoms with E-state index in [0.29, 0.717) is 5.56 Å². The van der Waals surface area contributed by atoms with Crippen LogP contribution in [0.2, 0.25) is 0 Å². The molecule has 3 nitrogen and oxygen atoms in total. The first-order valence-corrected chi connectivity index (χ1v) is 4.67. The molecule has 1 aromatic carbocycles. The molecule has 1 N–H and O–H groups in total. The molecule has 0 amide bonds. The summed E-state index contributed by atoms with van der Waals surface area (Å²) in [4.78, 5) is 22.8. The van der Waals surface area contributed by atoms with E-state index >= 15 is 0 Å². The lowest BCUT2D eigenvalue weighted by Crippen LogP contribution is -2.20. The number of benzene rings is 1. The molecule has 0 spiro atoms. The Labute approximate surface area is 87.0 Å². The quantitative estimate of drug-likeness (QED) is 0.705. The number of hydrogen-bond acceptors (Lipinski definition) is 3. The molecule has 1 aliphatic carbocycles. The predicted molar refractivity (Wildman–Crippen MR) is 55.4 cm³/mol. The number of aliphatic hydroxyl groups excluding tert-OH is 1. The van der Waals surface area contributed by atoms with Crippen LogP contribution in [0.1, 0.15) is 18.1 Å². The lowest BCUT2D eigenvalue weighted by atomic mass is 9.88. The summed E-state index contributed by atoms with van der Waals surface area (Å²) >= 11 is 0. The van der Waals surface area contributed by atoms with Gasteiger partial charge in [-0.25, -0.2) is 0 Å². The second-order valence-electron chi connectivity index (χ2n) is 3.54. The molecule has 76 valence electrons. The van der Waals surface area contributed by atoms with E-state index in [4.69, 9.17) is 0 Å². The standard InChI is InChI=1S/C12H10O3/c1-7(13)11-10(14)6-8-4-2-3-5-9(8)12(11)15/h2-5,15H,6H2,1H3. The molecule has 15 heavy (non-hydrogen) atoms. The average Bonchev–Trinajstić information content (AvgIpc) is 2.17. The van der Waals surface area contributed by atoms with Gasteiger partial charge in [0.2, 0.25) is 0 Å². The van der Waals surface area contributed by atoms with E-state index in [-0.39, 0.29) is 29.3 Å². The molecule has 0 saturated carbocycles. The number of Topliss-reactive ketones (excluding diaryl/α,β-unsaturated/α-hetero) is 2. The fourth-order valence-electron chi connectivity index (χ4n) is 1.80. The summed E-state index contributed by atoms with van der Waals surface area (Å²) in [5.41, 5.74) is 1.28. The molecule has 0 radical (unpaired) electrons. The summed E-state index contributed by atoms with van der Waals surface area (Å²) in [5.74, 6) is -0.875. The monoisotopic (exact) mass is 202 g/mol. The SMILES string of the molecule is CC(=O)C1=C(O)c2ccccc2CC1=O. The zero-order valence-corrected chi connectivity index (χ0v) is 8.28. The molecule has 1 aromatic rings. The topological polar surface area (TPSA) is 54.4 Å². The molecule has 0 aromatic heterocycles. The third-order valence-electron chi connectivity index (χ3n) is 2.49. The van der Waals surface area contributed by atoms with Gasteiger partial charge >= 0.3 is 0 Å². The normalized spacial score (nSPS) is 15.1. The maximum atomic E-state index is 11.6. The van der Waals surface area contributed by atoms with E-state index in [0.717, 1.165) is 5.56 Å². The zero-order valence-electron chi connectivity index (χ0n) is 8.28. The highest BCUT2D eigenvalue weighted by atomic mass is 16.3. The van der Waals surface area contributed by atoms with Gasteiger partial charge < -0.3 is 5.11 Å². The van der Waals surface area contributed by atoms with Crippen molar-refractivity contribution in [2.75, 3.05) is 0 Å². The number of ketones is 2. The van der Waals surface area contributed by atoms with Crippen molar-refractivity contribution in [3.8, 4) is 0 Å². The molecule has 0 saturated heterocycles. The maximum absolute atomic E-state index is 11.6. The van der Waals surface area contributed by atoms with Crippen LogP contribution < -0.4 is 0 Å². The highest BCUT2D eigenvalue weighted by molar-refractivity contribution is 6.25. The van der Waals surface area contributed by atoms with Gasteiger partial charge in [-0.2, -0.15) is 0 Å². The minimum atomic E-state index is -0.382. The first kappa shape index (κ1) is 9.65. The van der Waals surface area contributed by atoms with E-state index < -0.39 is 0 Å². The second-order valence-corrected chi connectivity index (χ2v) is 3.54. The minimum Gasteiger partial charge on any atom is -0.506 e. The van der Waals surface area contributed by atoms with Crippen LogP contribution in [0.5, 0.6) is 0 Å². The lowest BCUT2D eigenvalue weighted by Gasteiger charge is -2.16. The van der Waals surface area contributed by atoms with E-state index in [1.807, 2.05) is 0 Å². The van der Waals surface area contributed by atoms with E-state index in [1.54, 1.807) is 24.3 Å². The van der Waals surface area contributed by atoms with Crippen LogP contribution >= 0.6 is 0 Å². The Morgan fingerprint density at radius 2 is 2.00 bits per heavy atom. The molecule has 3 heteroatoms. The van der Waals surface area contributed by atoms with Crippen LogP contribution in [-0.4, -0.2) is 16.7 Å². The minimum absolute atomic E-state index is 0.0753. The van der Waals surface area contributed by atoms with Crippen LogP contribution in [0, 0.1) is 0 Å². The van der Waals surface area contributed by atoms with Gasteiger partial charge in [-0.1, -0.05) is 24.3 Å². The molecule has 0 unspecified atom stereocenters. The van der Waals surface area contributed by atoms with Gasteiger partial charge in [-0.05, 0) is 12.5 Å². The van der Waals surface area contributed by atoms with Crippen molar-refractivity contribution in [2.45, 2.75) is 13.3 Å². The largest absolute Gasteiger partial charge is 0.506 e. The molecule has 0 bridgehead atoms. The highest BCUT2D eigenvalue weighted by Gasteiger charge is 2.27. The van der Waals surface area contributed by atoms with Gasteiger partial charge in [-0.3, -0.25) is 9.59 Å². The summed E-state index contributed by atoms with van der Waals surface area (Å²) in [7, 11) is 0. The number of fused-ring (bicyclic) bond motifs is 1. The molecule has 0 atom stereocenters. The van der Waals surface area contributed by atoms with Crippen molar-refractivity contribution < 1.29 is 14.7 Å². The van der Waals surface area contributed by atoms with Gasteiger partial charge in [0, 0.05) is 12.0 Å². The Bertz CT molecular complexity index is 483. The first-order chi connectivity index (χ1) is 7.11. The van der Waals surface area contributed by atoms with Gasteiger partial charge in [0.1, 0.15) is 11.3 Å². The second kappa shape index (κ2) is 3.35. The van der Waals surface area contributed by atoms with Crippen LogP contribution in [0.15, 0.2) is 29.8 Å². The summed E-state index contributed by atoms with van der Waals surface area (Å²) in [6, 6.07) is 7.06. The van der Waals surface area contributed by atoms with Crippen LogP contribution in [0.3, 0.4) is 0 Å². The van der Waals surface area contributed by atoms with Gasteiger partial charge in [0.05, 0.1) is 0 Å². The first-order valence-electron chi connectivity index (χ1n) is 4.67. The van der Waals surface area contributed by atoms with Crippen LogP contribution in [-0.2, 0) is 16.0 Å². The average molecular weight is 202 g/mol. The highest BCUT2D eigenvalue weighted by Crippen LogP contribution is 2.27. The molecule has 0 fully saturated rings. The van der Waals surface area contributed by atoms with E-state index in [1.165, 1.54) is 6.92 Å². The summed E-state index contributed by atoms with van der Waals surface area (Å²) in [6.45, 7) is 1.29. The summed E-state index contributed by atoms with van der Waals surface area (Å²) in [6.07, 6.45) is 0.190. The number of hydrogen-bond donors (Lipinski definition) is 1. The Morgan fingerprint density at radius 3 is 2.67 bits per heavy atom. The van der Waals surface area contributed by atoms with E-state index in [2.05, 4.69) is 0 Å². The van der Waals surface area contributed by atoms with Gasteiger partial charge in [0.25, 0.3) is 0 Å². The maximum Gasteiger partial charge on any atom is 0.174 e. The third kappa shape index (κ3) is 1.46. The number of carbonyl (C=O) groups is 2. The Balaban J connectivity index is 2.67. The fraction of sp³-hybridized carbons (Fsp3) is 0.167. The van der Waals surface area contributed by atoms with Gasteiger partial charge in [-0.15, -0.1) is 0 Å². The smallest absolute Gasteiger partial charge is 0.174 e. The molecule has 2 rings (SSSR count). The number of aliphatic hydroxyl groups is 1. The van der Waals surface area contributed by atoms with Crippen molar-refractivity contribution in [3.05, 3.63) is 41.0 Å². The molecule has 0 aliphatic heterocycles. The van der Waals surface area contributed by atoms with Crippen molar-refractivity contribution in [3.63, 3.8) is 0 Å². The molecular formula is C12H10O3. The van der Waals surface area contributed by atoms with Crippen molar-refractivity contribution in [1.82, 2.24) is 0 Å². The Kier molecular flexibility index (Phi) is 2.15. The lowest BCUT2D eigenvalue weighted by molar-refractivity contribution is -0.120. The number of allylic oxidation sites excluding steroid dienone is 1. The van der Waals surface area contributed by atoms with Crippen LogP contribution in [0.4, 0.5) is 0 Å². The zero-order chi connectivity index (χ0) is 11.0. The summed E-state index contributed by atoms with van der Waals surface area (Å²) in [5, 5.41) is 9.80. The van der Waals surface area contributed by atoms with Crippen LogP contribution in [0.25, 0.3) is 5.76 Å². The number of rotatable bonds is 1. The van der Waals surface area contributed by atoms with Crippen molar-refractivity contribution in [2.24, 2.45) is 0 Å². The van der Waals surface area contributed by atoms with Crippen molar-refractivity contribution in [1.29, 1.82) is 0 Å².